The average molecular weight is 674 g/mol. The van der Waals surface area contributed by atoms with Gasteiger partial charge in [-0.25, -0.2) is 25.3 Å². The van der Waals surface area contributed by atoms with Gasteiger partial charge in [0.25, 0.3) is 0 Å². The number of H-pyrrole nitrogens is 3. The second kappa shape index (κ2) is 26.5. The van der Waals surface area contributed by atoms with Crippen molar-refractivity contribution in [2.75, 3.05) is 11.2 Å². The van der Waals surface area contributed by atoms with Gasteiger partial charge in [-0.15, -0.1) is 10.2 Å². The topological polar surface area (TPSA) is 514 Å². The first-order valence-electron chi connectivity index (χ1n) is 7.92. The second-order valence-electron chi connectivity index (χ2n) is 4.68. The van der Waals surface area contributed by atoms with Crippen LogP contribution in [-0.2, 0) is 10.4 Å². The molecular formula is C7H13K2N23O9S. The van der Waals surface area contributed by atoms with Gasteiger partial charge in [-0.3, -0.25) is 19.3 Å². The van der Waals surface area contributed by atoms with Gasteiger partial charge in [-0.05, 0) is 31.9 Å². The minimum Gasteiger partial charge on any atom is -0.870 e. The number of aromatic nitrogens is 9. The molecule has 9 N–H and O–H groups in total. The predicted octanol–water partition coefficient (Wildman–Crippen LogP) is -4.56. The zero-order valence-corrected chi connectivity index (χ0v) is 26.9. The predicted molar refractivity (Wildman–Crippen MR) is 123 cm³/mol. The van der Waals surface area contributed by atoms with Crippen molar-refractivity contribution in [2.24, 2.45) is 15.3 Å². The number of nitrogens with zero attached hydrogens (tertiary/aromatic N) is 18. The first-order chi connectivity index (χ1) is 17.8. The third-order valence-electron chi connectivity index (χ3n) is 2.21. The van der Waals surface area contributed by atoms with Crippen LogP contribution in [0.15, 0.2) is 15.3 Å². The number of nitrogen functional groups attached to an aromatic ring is 1. The summed E-state index contributed by atoms with van der Waals surface area (Å²) in [6.45, 7) is 0. The van der Waals surface area contributed by atoms with E-state index >= 15 is 0 Å². The van der Waals surface area contributed by atoms with Crippen molar-refractivity contribution in [1.82, 2.24) is 45.5 Å². The van der Waals surface area contributed by atoms with E-state index in [1.54, 1.807) is 5.43 Å². The Hall–Kier alpha value is -3.35. The van der Waals surface area contributed by atoms with Gasteiger partial charge in [-0.1, -0.05) is 18.3 Å². The number of hydrogen-bond donors (Lipinski definition) is 7. The summed E-state index contributed by atoms with van der Waals surface area (Å²) >= 11 is 0. The zero-order valence-electron chi connectivity index (χ0n) is 19.8. The second-order valence-corrected chi connectivity index (χ2v) is 5.58. The van der Waals surface area contributed by atoms with Crippen molar-refractivity contribution in [3.63, 3.8) is 0 Å². The average Bonchev–Trinajstić information content (AvgIpc) is 3.51. The summed E-state index contributed by atoms with van der Waals surface area (Å²) in [5, 5.41) is 43.5. The Kier molecular flexibility index (Phi) is 30.6. The molecule has 3 aromatic rings. The Bertz CT molecular complexity index is 1390. The fourth-order valence-corrected chi connectivity index (χ4v) is 1.28. The number of rotatable bonds is 7. The largest absolute Gasteiger partial charge is 1.00 e. The molecule has 0 aliphatic heterocycles. The molecule has 0 amide bonds. The SMILES string of the molecule is C.O=S(=O)(O)O.[K+].[K+].[N-]=[N+]=Nc1n[nH]c([N-][N+](=O)[O-])n1.[N-]=[N+]=Nc1nc(N)n[nH]1.[N-]=[N+]=Nc1nc(N[N+](=O)[O-])n[nH]1.[OH-]. The van der Waals surface area contributed by atoms with Gasteiger partial charge in [0.1, 0.15) is 11.0 Å². The molecule has 35 heteroatoms. The first kappa shape index (κ1) is 48.4. The van der Waals surface area contributed by atoms with E-state index < -0.39 is 20.5 Å². The van der Waals surface area contributed by atoms with Crippen LogP contribution in [0, 0.1) is 20.2 Å². The number of nitrogens with one attached hydrogen (secondary N) is 4. The van der Waals surface area contributed by atoms with Crippen LogP contribution < -0.4 is 114 Å². The maximum Gasteiger partial charge on any atom is 1.00 e. The van der Waals surface area contributed by atoms with Gasteiger partial charge in [0.2, 0.25) is 17.8 Å². The molecule has 3 heterocycles. The normalized spacial score (nSPS) is 8.14. The van der Waals surface area contributed by atoms with Gasteiger partial charge in [0, 0.05) is 14.7 Å². The quantitative estimate of drug-likeness (QED) is 0.0236. The molecule has 3 aromatic heterocycles. The minimum atomic E-state index is -4.67. The molecule has 0 aromatic carbocycles. The molecule has 0 aliphatic rings. The van der Waals surface area contributed by atoms with Crippen molar-refractivity contribution >= 4 is 46.1 Å². The molecule has 0 saturated carbocycles. The van der Waals surface area contributed by atoms with Gasteiger partial charge < -0.3 is 21.3 Å². The van der Waals surface area contributed by atoms with Crippen molar-refractivity contribution in [1.29, 1.82) is 0 Å². The van der Waals surface area contributed by atoms with Gasteiger partial charge in [-0.2, -0.15) is 18.4 Å². The summed E-state index contributed by atoms with van der Waals surface area (Å²) in [6, 6.07) is 0. The fourth-order valence-electron chi connectivity index (χ4n) is 1.28. The van der Waals surface area contributed by atoms with E-state index in [4.69, 9.17) is 39.9 Å². The van der Waals surface area contributed by atoms with Crippen molar-refractivity contribution in [3.8, 4) is 0 Å². The third kappa shape index (κ3) is 28.2. The third-order valence-corrected chi connectivity index (χ3v) is 2.21. The molecule has 3 rings (SSSR count). The maximum atomic E-state index is 9.83. The zero-order chi connectivity index (χ0) is 29.1. The minimum absolute atomic E-state index is 0. The summed E-state index contributed by atoms with van der Waals surface area (Å²) in [5.41, 5.74) is 33.2. The van der Waals surface area contributed by atoms with Gasteiger partial charge >= 0.3 is 119 Å². The maximum absolute atomic E-state index is 9.83. The first-order valence-corrected chi connectivity index (χ1v) is 9.32. The number of aromatic amines is 3. The molecule has 0 aliphatic carbocycles. The Labute approximate surface area is 314 Å². The Morgan fingerprint density at radius 3 is 1.79 bits per heavy atom. The smallest absolute Gasteiger partial charge is 0.870 e. The van der Waals surface area contributed by atoms with Crippen molar-refractivity contribution < 1.29 is 136 Å². The molecule has 0 spiro atoms. The van der Waals surface area contributed by atoms with Crippen molar-refractivity contribution in [2.45, 2.75) is 7.43 Å². The molecule has 32 nitrogen and oxygen atoms in total. The van der Waals surface area contributed by atoms with Gasteiger partial charge in [0.05, 0.1) is 0 Å². The van der Waals surface area contributed by atoms with Crippen LogP contribution in [0.4, 0.5) is 35.7 Å². The van der Waals surface area contributed by atoms with Crippen LogP contribution in [-0.4, -0.2) is 78.6 Å². The Morgan fingerprint density at radius 2 is 1.38 bits per heavy atom. The Morgan fingerprint density at radius 1 is 0.905 bits per heavy atom. The summed E-state index contributed by atoms with van der Waals surface area (Å²) in [5.74, 6) is -0.808. The number of nitrogens with two attached hydrogens (primary N) is 1. The summed E-state index contributed by atoms with van der Waals surface area (Å²) in [7, 11) is -4.67. The number of azide groups is 3. The van der Waals surface area contributed by atoms with Crippen LogP contribution >= 0.6 is 0 Å². The molecule has 0 fully saturated rings. The van der Waals surface area contributed by atoms with Crippen LogP contribution in [0.3, 0.4) is 0 Å². The number of anilines is 2. The standard InChI is InChI=1S/C2H2N8O2.C2HN8O2.C2H3N7.CH4.2K.H2O4S.H2O/c2*3-9-7-1-4-2(6-5-1)8-10(11)12;3-1-5-2(7-6-1)8-9-4;;;;1-5(2,3)4;/h(H2,4,5,6,8);(H-,4,5,6,8);(H3,3,5,6,7);1H4;;;(H2,1,2,3,4);1H2/q;-1;;;2*+1;;/p-1. The van der Waals surface area contributed by atoms with E-state index in [0.29, 0.717) is 0 Å². The van der Waals surface area contributed by atoms with E-state index in [9.17, 15) is 20.2 Å². The Balaban J connectivity index is -0.000000146. The van der Waals surface area contributed by atoms with E-state index in [1.807, 2.05) is 0 Å². The van der Waals surface area contributed by atoms with Crippen LogP contribution in [0.2, 0.25) is 0 Å². The number of hydrogen-bond acceptors (Lipinski definition) is 17. The van der Waals surface area contributed by atoms with Crippen LogP contribution in [0.1, 0.15) is 7.43 Å². The molecule has 42 heavy (non-hydrogen) atoms. The van der Waals surface area contributed by atoms with E-state index in [2.05, 4.69) is 81.0 Å². The summed E-state index contributed by atoms with van der Waals surface area (Å²) < 4.78 is 31.6. The molecule has 0 saturated heterocycles. The van der Waals surface area contributed by atoms with Crippen LogP contribution in [0.25, 0.3) is 36.8 Å². The summed E-state index contributed by atoms with van der Waals surface area (Å²) in [4.78, 5) is 37.1. The fraction of sp³-hybridized carbons (Fsp3) is 0.143. The van der Waals surface area contributed by atoms with E-state index in [1.165, 1.54) is 0 Å². The van der Waals surface area contributed by atoms with Crippen LogP contribution in [0.5, 0.6) is 0 Å². The molecule has 0 radical (unpaired) electrons. The molecule has 0 bridgehead atoms. The number of hydrazine groups is 1. The molecular weight excluding hydrogens is 660 g/mol. The monoisotopic (exact) mass is 673 g/mol. The summed E-state index contributed by atoms with van der Waals surface area (Å²) in [6.07, 6.45) is 0. The van der Waals surface area contributed by atoms with Gasteiger partial charge in [0.15, 0.2) is 11.0 Å². The van der Waals surface area contributed by atoms with E-state index in [0.717, 1.165) is 0 Å². The number of nitro groups is 2. The van der Waals surface area contributed by atoms with E-state index in [-0.39, 0.29) is 151 Å². The van der Waals surface area contributed by atoms with Crippen molar-refractivity contribution in [3.05, 3.63) is 57.0 Å². The molecule has 218 valence electrons. The molecule has 0 unspecified atom stereocenters. The molecule has 0 atom stereocenters.